The molecule has 74 valence electrons. The summed E-state index contributed by atoms with van der Waals surface area (Å²) in [4.78, 5) is 11.3. The number of hydrogen-bond donors (Lipinski definition) is 0. The summed E-state index contributed by atoms with van der Waals surface area (Å²) in [5.41, 5.74) is 0.0460. The number of rotatable bonds is 1. The quantitative estimate of drug-likeness (QED) is 0.623. The van der Waals surface area contributed by atoms with Gasteiger partial charge in [-0.25, -0.2) is 0 Å². The molecule has 0 aromatic heterocycles. The highest BCUT2D eigenvalue weighted by molar-refractivity contribution is 5.91. The van der Waals surface area contributed by atoms with E-state index in [1.165, 1.54) is 0 Å². The number of carbonyl (C=O) groups is 1. The summed E-state index contributed by atoms with van der Waals surface area (Å²) < 4.78 is 5.71. The summed E-state index contributed by atoms with van der Waals surface area (Å²) in [6, 6.07) is 0. The normalized spacial score (nSPS) is 23.8. The SMILES string of the molecule is CCC1=CC(=O)C[C@@H](C(C)(C)C)O1. The van der Waals surface area contributed by atoms with Crippen LogP contribution in [0.2, 0.25) is 0 Å². The lowest BCUT2D eigenvalue weighted by Gasteiger charge is -2.33. The minimum atomic E-state index is 0.0416. The van der Waals surface area contributed by atoms with Crippen LogP contribution in [-0.4, -0.2) is 11.9 Å². The van der Waals surface area contributed by atoms with Crippen molar-refractivity contribution >= 4 is 5.78 Å². The molecule has 2 heteroatoms. The summed E-state index contributed by atoms with van der Waals surface area (Å²) in [5, 5.41) is 0. The summed E-state index contributed by atoms with van der Waals surface area (Å²) >= 11 is 0. The van der Waals surface area contributed by atoms with Crippen LogP contribution in [0.3, 0.4) is 0 Å². The fourth-order valence-electron chi connectivity index (χ4n) is 1.35. The van der Waals surface area contributed by atoms with Gasteiger partial charge in [0.05, 0.1) is 5.76 Å². The van der Waals surface area contributed by atoms with Crippen molar-refractivity contribution in [3.05, 3.63) is 11.8 Å². The zero-order valence-electron chi connectivity index (χ0n) is 8.89. The van der Waals surface area contributed by atoms with Crippen molar-refractivity contribution in [2.24, 2.45) is 5.41 Å². The van der Waals surface area contributed by atoms with E-state index in [4.69, 9.17) is 4.74 Å². The van der Waals surface area contributed by atoms with Crippen LogP contribution in [0.1, 0.15) is 40.5 Å². The maximum atomic E-state index is 11.3. The number of allylic oxidation sites excluding steroid dienone is 2. The van der Waals surface area contributed by atoms with Crippen molar-refractivity contribution < 1.29 is 9.53 Å². The molecular weight excluding hydrogens is 164 g/mol. The van der Waals surface area contributed by atoms with E-state index in [2.05, 4.69) is 20.8 Å². The molecule has 2 nitrogen and oxygen atoms in total. The number of ether oxygens (including phenoxy) is 1. The molecular formula is C11H18O2. The molecule has 0 amide bonds. The monoisotopic (exact) mass is 182 g/mol. The standard InChI is InChI=1S/C11H18O2/c1-5-9-6-8(12)7-10(13-9)11(2,3)4/h6,10H,5,7H2,1-4H3/t10-/m0/s1. The van der Waals surface area contributed by atoms with Crippen molar-refractivity contribution in [2.75, 3.05) is 0 Å². The van der Waals surface area contributed by atoms with Gasteiger partial charge in [-0.05, 0) is 5.41 Å². The van der Waals surface area contributed by atoms with Gasteiger partial charge < -0.3 is 4.74 Å². The second-order valence-electron chi connectivity index (χ2n) is 4.61. The van der Waals surface area contributed by atoms with Gasteiger partial charge in [-0.15, -0.1) is 0 Å². The highest BCUT2D eigenvalue weighted by Gasteiger charge is 2.31. The van der Waals surface area contributed by atoms with Crippen molar-refractivity contribution in [3.63, 3.8) is 0 Å². The topological polar surface area (TPSA) is 26.3 Å². The molecule has 0 aromatic carbocycles. The lowest BCUT2D eigenvalue weighted by Crippen LogP contribution is -2.33. The molecule has 0 bridgehead atoms. The minimum Gasteiger partial charge on any atom is -0.494 e. The van der Waals surface area contributed by atoms with E-state index in [0.29, 0.717) is 6.42 Å². The summed E-state index contributed by atoms with van der Waals surface area (Å²) in [6.07, 6.45) is 2.99. The Bertz CT molecular complexity index is 233. The molecule has 1 heterocycles. The number of ketones is 1. The molecule has 0 saturated carbocycles. The molecule has 0 unspecified atom stereocenters. The average molecular weight is 182 g/mol. The van der Waals surface area contributed by atoms with Gasteiger partial charge in [0, 0.05) is 18.9 Å². The van der Waals surface area contributed by atoms with Crippen LogP contribution in [-0.2, 0) is 9.53 Å². The van der Waals surface area contributed by atoms with Gasteiger partial charge in [-0.3, -0.25) is 4.79 Å². The van der Waals surface area contributed by atoms with E-state index in [9.17, 15) is 4.79 Å². The maximum absolute atomic E-state index is 11.3. The third-order valence-electron chi connectivity index (χ3n) is 2.32. The predicted octanol–water partition coefficient (Wildman–Crippen LogP) is 2.68. The zero-order valence-corrected chi connectivity index (χ0v) is 8.89. The number of carbonyl (C=O) groups excluding carboxylic acids is 1. The third-order valence-corrected chi connectivity index (χ3v) is 2.32. The molecule has 1 aliphatic heterocycles. The van der Waals surface area contributed by atoms with E-state index in [-0.39, 0.29) is 17.3 Å². The predicted molar refractivity (Wildman–Crippen MR) is 52.3 cm³/mol. The molecule has 0 fully saturated rings. The largest absolute Gasteiger partial charge is 0.494 e. The van der Waals surface area contributed by atoms with E-state index in [1.54, 1.807) is 6.08 Å². The Kier molecular flexibility index (Phi) is 2.79. The molecule has 1 aliphatic rings. The van der Waals surface area contributed by atoms with Crippen molar-refractivity contribution in [3.8, 4) is 0 Å². The molecule has 0 aliphatic carbocycles. The van der Waals surface area contributed by atoms with Gasteiger partial charge >= 0.3 is 0 Å². The lowest BCUT2D eigenvalue weighted by atomic mass is 9.85. The van der Waals surface area contributed by atoms with Crippen LogP contribution >= 0.6 is 0 Å². The molecule has 0 spiro atoms. The van der Waals surface area contributed by atoms with Gasteiger partial charge in [0.15, 0.2) is 5.78 Å². The summed E-state index contributed by atoms with van der Waals surface area (Å²) in [5.74, 6) is 1.03. The number of hydrogen-bond acceptors (Lipinski definition) is 2. The summed E-state index contributed by atoms with van der Waals surface area (Å²) in [7, 11) is 0. The van der Waals surface area contributed by atoms with Gasteiger partial charge in [0.25, 0.3) is 0 Å². The van der Waals surface area contributed by atoms with Crippen molar-refractivity contribution in [1.82, 2.24) is 0 Å². The Labute approximate surface area is 80.0 Å². The molecule has 13 heavy (non-hydrogen) atoms. The smallest absolute Gasteiger partial charge is 0.162 e. The summed E-state index contributed by atoms with van der Waals surface area (Å²) in [6.45, 7) is 8.31. The molecule has 0 N–H and O–H groups in total. The molecule has 0 saturated heterocycles. The Morgan fingerprint density at radius 3 is 2.62 bits per heavy atom. The van der Waals surface area contributed by atoms with Gasteiger partial charge in [-0.1, -0.05) is 27.7 Å². The van der Waals surface area contributed by atoms with Gasteiger partial charge in [0.2, 0.25) is 0 Å². The fourth-order valence-corrected chi connectivity index (χ4v) is 1.35. The van der Waals surface area contributed by atoms with Crippen LogP contribution in [0.15, 0.2) is 11.8 Å². The van der Waals surface area contributed by atoms with E-state index in [1.807, 2.05) is 6.92 Å². The minimum absolute atomic E-state index is 0.0416. The molecule has 0 radical (unpaired) electrons. The van der Waals surface area contributed by atoms with Crippen LogP contribution in [0.4, 0.5) is 0 Å². The van der Waals surface area contributed by atoms with E-state index in [0.717, 1.165) is 12.2 Å². The highest BCUT2D eigenvalue weighted by atomic mass is 16.5. The molecule has 0 aromatic rings. The Morgan fingerprint density at radius 1 is 1.54 bits per heavy atom. The first kappa shape index (κ1) is 10.3. The zero-order chi connectivity index (χ0) is 10.1. The van der Waals surface area contributed by atoms with Crippen molar-refractivity contribution in [1.29, 1.82) is 0 Å². The van der Waals surface area contributed by atoms with Crippen LogP contribution in [0.25, 0.3) is 0 Å². The first-order valence-electron chi connectivity index (χ1n) is 4.83. The van der Waals surface area contributed by atoms with Crippen molar-refractivity contribution in [2.45, 2.75) is 46.6 Å². The first-order valence-corrected chi connectivity index (χ1v) is 4.83. The van der Waals surface area contributed by atoms with Gasteiger partial charge in [0.1, 0.15) is 6.10 Å². The Morgan fingerprint density at radius 2 is 2.15 bits per heavy atom. The fraction of sp³-hybridized carbons (Fsp3) is 0.727. The second-order valence-corrected chi connectivity index (χ2v) is 4.61. The first-order chi connectivity index (χ1) is 5.93. The maximum Gasteiger partial charge on any atom is 0.162 e. The van der Waals surface area contributed by atoms with Crippen LogP contribution < -0.4 is 0 Å². The van der Waals surface area contributed by atoms with E-state index >= 15 is 0 Å². The second kappa shape index (κ2) is 3.52. The average Bonchev–Trinajstić information content (AvgIpc) is 2.01. The molecule has 1 rings (SSSR count). The molecule has 1 atom stereocenters. The lowest BCUT2D eigenvalue weighted by molar-refractivity contribution is -0.121. The van der Waals surface area contributed by atoms with Gasteiger partial charge in [-0.2, -0.15) is 0 Å². The van der Waals surface area contributed by atoms with E-state index < -0.39 is 0 Å². The van der Waals surface area contributed by atoms with Crippen LogP contribution in [0.5, 0.6) is 0 Å². The Balaban J connectivity index is 2.75. The Hall–Kier alpha value is -0.790. The third kappa shape index (κ3) is 2.58. The highest BCUT2D eigenvalue weighted by Crippen LogP contribution is 2.30. The van der Waals surface area contributed by atoms with Crippen LogP contribution in [0, 0.1) is 5.41 Å².